The van der Waals surface area contributed by atoms with Crippen LogP contribution in [0.15, 0.2) is 11.4 Å². The SMILES string of the molecule is CCC1CNC(C)(C2CC2)CN1C1CCCc2sccc21. The molecule has 2 aliphatic carbocycles. The van der Waals surface area contributed by atoms with Crippen LogP contribution in [0.1, 0.15) is 62.4 Å². The number of hydrogen-bond acceptors (Lipinski definition) is 3. The lowest BCUT2D eigenvalue weighted by Gasteiger charge is -2.50. The van der Waals surface area contributed by atoms with Gasteiger partial charge in [0.2, 0.25) is 0 Å². The smallest absolute Gasteiger partial charge is 0.0363 e. The van der Waals surface area contributed by atoms with Gasteiger partial charge < -0.3 is 5.32 Å². The Morgan fingerprint density at radius 1 is 1.38 bits per heavy atom. The minimum Gasteiger partial charge on any atom is -0.308 e. The van der Waals surface area contributed by atoms with Crippen LogP contribution in [0.25, 0.3) is 0 Å². The Labute approximate surface area is 132 Å². The molecule has 2 heterocycles. The summed E-state index contributed by atoms with van der Waals surface area (Å²) in [6, 6.07) is 3.81. The summed E-state index contributed by atoms with van der Waals surface area (Å²) in [6.45, 7) is 7.26. The van der Waals surface area contributed by atoms with Crippen molar-refractivity contribution in [2.45, 2.75) is 70.0 Å². The number of piperazine rings is 1. The van der Waals surface area contributed by atoms with Crippen molar-refractivity contribution >= 4 is 11.3 Å². The first-order valence-corrected chi connectivity index (χ1v) is 9.66. The molecule has 116 valence electrons. The van der Waals surface area contributed by atoms with Crippen molar-refractivity contribution in [2.75, 3.05) is 13.1 Å². The maximum absolute atomic E-state index is 3.91. The second-order valence-electron chi connectivity index (χ2n) is 7.51. The van der Waals surface area contributed by atoms with Crippen LogP contribution in [0, 0.1) is 5.92 Å². The van der Waals surface area contributed by atoms with Crippen LogP contribution in [0.4, 0.5) is 0 Å². The molecule has 3 atom stereocenters. The van der Waals surface area contributed by atoms with Crippen LogP contribution in [-0.2, 0) is 6.42 Å². The summed E-state index contributed by atoms with van der Waals surface area (Å²) < 4.78 is 0. The molecule has 0 spiro atoms. The molecule has 4 rings (SSSR count). The number of rotatable bonds is 3. The fourth-order valence-corrected chi connectivity index (χ4v) is 5.56. The van der Waals surface area contributed by atoms with Crippen LogP contribution < -0.4 is 5.32 Å². The van der Waals surface area contributed by atoms with Gasteiger partial charge in [-0.1, -0.05) is 6.92 Å². The monoisotopic (exact) mass is 304 g/mol. The Kier molecular flexibility index (Phi) is 3.63. The van der Waals surface area contributed by atoms with E-state index < -0.39 is 0 Å². The van der Waals surface area contributed by atoms with Gasteiger partial charge in [-0.3, -0.25) is 4.90 Å². The molecule has 3 unspecified atom stereocenters. The Balaban J connectivity index is 1.62. The number of thiophene rings is 1. The topological polar surface area (TPSA) is 15.3 Å². The van der Waals surface area contributed by atoms with E-state index in [2.05, 4.69) is 35.5 Å². The van der Waals surface area contributed by atoms with Crippen LogP contribution >= 0.6 is 11.3 Å². The fraction of sp³-hybridized carbons (Fsp3) is 0.778. The van der Waals surface area contributed by atoms with Gasteiger partial charge in [-0.15, -0.1) is 11.3 Å². The van der Waals surface area contributed by atoms with E-state index in [0.717, 1.165) is 5.92 Å². The van der Waals surface area contributed by atoms with Gasteiger partial charge in [-0.2, -0.15) is 0 Å². The molecule has 0 aromatic carbocycles. The van der Waals surface area contributed by atoms with Crippen molar-refractivity contribution in [1.82, 2.24) is 10.2 Å². The highest BCUT2D eigenvalue weighted by Crippen LogP contribution is 2.45. The third-order valence-corrected chi connectivity index (χ3v) is 7.09. The second-order valence-corrected chi connectivity index (χ2v) is 8.51. The lowest BCUT2D eigenvalue weighted by atomic mass is 9.85. The number of nitrogens with one attached hydrogen (secondary N) is 1. The standard InChI is InChI=1S/C18H28N2S/c1-3-14-11-19-18(2,13-7-8-13)12-20(14)16-5-4-6-17-15(16)9-10-21-17/h9-10,13-14,16,19H,3-8,11-12H2,1-2H3. The van der Waals surface area contributed by atoms with E-state index in [1.54, 1.807) is 10.4 Å². The highest BCUT2D eigenvalue weighted by atomic mass is 32.1. The minimum absolute atomic E-state index is 0.360. The summed E-state index contributed by atoms with van der Waals surface area (Å²) in [6.07, 6.45) is 8.18. The fourth-order valence-electron chi connectivity index (χ4n) is 4.58. The van der Waals surface area contributed by atoms with Crippen molar-refractivity contribution in [1.29, 1.82) is 0 Å². The van der Waals surface area contributed by atoms with Gasteiger partial charge >= 0.3 is 0 Å². The molecule has 1 saturated carbocycles. The van der Waals surface area contributed by atoms with Crippen LogP contribution in [0.3, 0.4) is 0 Å². The lowest BCUT2D eigenvalue weighted by molar-refractivity contribution is 0.0298. The molecule has 21 heavy (non-hydrogen) atoms. The predicted molar refractivity (Wildman–Crippen MR) is 89.9 cm³/mol. The Bertz CT molecular complexity index is 507. The Hall–Kier alpha value is -0.380. The van der Waals surface area contributed by atoms with Crippen LogP contribution in [0.5, 0.6) is 0 Å². The van der Waals surface area contributed by atoms with Crippen LogP contribution in [0.2, 0.25) is 0 Å². The number of hydrogen-bond donors (Lipinski definition) is 1. The summed E-state index contributed by atoms with van der Waals surface area (Å²) in [7, 11) is 0. The van der Waals surface area contributed by atoms with E-state index in [1.165, 1.54) is 51.6 Å². The number of fused-ring (bicyclic) bond motifs is 1. The Morgan fingerprint density at radius 3 is 3.00 bits per heavy atom. The van der Waals surface area contributed by atoms with E-state index in [9.17, 15) is 0 Å². The van der Waals surface area contributed by atoms with E-state index in [1.807, 2.05) is 11.3 Å². The van der Waals surface area contributed by atoms with Gasteiger partial charge in [0.15, 0.2) is 0 Å². The maximum atomic E-state index is 3.91. The summed E-state index contributed by atoms with van der Waals surface area (Å²) in [5, 5.41) is 6.22. The molecule has 1 aliphatic heterocycles. The third kappa shape index (κ3) is 2.47. The zero-order chi connectivity index (χ0) is 14.4. The number of aryl methyl sites for hydroxylation is 1. The maximum Gasteiger partial charge on any atom is 0.0363 e. The zero-order valence-electron chi connectivity index (χ0n) is 13.4. The van der Waals surface area contributed by atoms with Gasteiger partial charge in [0.1, 0.15) is 0 Å². The molecule has 2 nitrogen and oxygen atoms in total. The quantitative estimate of drug-likeness (QED) is 0.908. The average Bonchev–Trinajstić information content (AvgIpc) is 3.26. The van der Waals surface area contributed by atoms with Crippen molar-refractivity contribution in [2.24, 2.45) is 5.92 Å². The molecule has 1 aromatic rings. The van der Waals surface area contributed by atoms with Crippen LogP contribution in [-0.4, -0.2) is 29.6 Å². The molecule has 0 radical (unpaired) electrons. The van der Waals surface area contributed by atoms with Gasteiger partial charge in [-0.25, -0.2) is 0 Å². The molecule has 1 saturated heterocycles. The minimum atomic E-state index is 0.360. The molecular weight excluding hydrogens is 276 g/mol. The highest BCUT2D eigenvalue weighted by molar-refractivity contribution is 7.10. The largest absolute Gasteiger partial charge is 0.308 e. The van der Waals surface area contributed by atoms with E-state index in [-0.39, 0.29) is 0 Å². The second kappa shape index (κ2) is 5.36. The zero-order valence-corrected chi connectivity index (χ0v) is 14.2. The summed E-state index contributed by atoms with van der Waals surface area (Å²) in [5.41, 5.74) is 2.02. The molecule has 0 amide bonds. The van der Waals surface area contributed by atoms with Gasteiger partial charge in [-0.05, 0) is 68.4 Å². The van der Waals surface area contributed by atoms with Crippen molar-refractivity contribution in [3.63, 3.8) is 0 Å². The normalized spacial score (nSPS) is 37.4. The molecule has 2 fully saturated rings. The van der Waals surface area contributed by atoms with E-state index in [0.29, 0.717) is 17.6 Å². The predicted octanol–water partition coefficient (Wildman–Crippen LogP) is 3.98. The van der Waals surface area contributed by atoms with Crippen molar-refractivity contribution < 1.29 is 0 Å². The summed E-state index contributed by atoms with van der Waals surface area (Å²) >= 11 is 1.98. The first-order chi connectivity index (χ1) is 10.2. The van der Waals surface area contributed by atoms with Gasteiger partial charge in [0.25, 0.3) is 0 Å². The first-order valence-electron chi connectivity index (χ1n) is 8.78. The van der Waals surface area contributed by atoms with E-state index in [4.69, 9.17) is 0 Å². The molecule has 3 aliphatic rings. The summed E-state index contributed by atoms with van der Waals surface area (Å²) in [5.74, 6) is 0.920. The number of nitrogens with zero attached hydrogens (tertiary/aromatic N) is 1. The molecular formula is C18H28N2S. The third-order valence-electron chi connectivity index (χ3n) is 6.09. The molecule has 1 aromatic heterocycles. The lowest BCUT2D eigenvalue weighted by Crippen LogP contribution is -2.64. The molecule has 0 bridgehead atoms. The molecule has 1 N–H and O–H groups in total. The Morgan fingerprint density at radius 2 is 2.24 bits per heavy atom. The van der Waals surface area contributed by atoms with Gasteiger partial charge in [0.05, 0.1) is 0 Å². The highest BCUT2D eigenvalue weighted by Gasteiger charge is 2.47. The first kappa shape index (κ1) is 14.2. The summed E-state index contributed by atoms with van der Waals surface area (Å²) in [4.78, 5) is 4.53. The van der Waals surface area contributed by atoms with Crippen molar-refractivity contribution in [3.8, 4) is 0 Å². The average molecular weight is 305 g/mol. The van der Waals surface area contributed by atoms with E-state index >= 15 is 0 Å². The molecule has 3 heteroatoms. The van der Waals surface area contributed by atoms with Crippen molar-refractivity contribution in [3.05, 3.63) is 21.9 Å². The van der Waals surface area contributed by atoms with Gasteiger partial charge in [0, 0.05) is 35.6 Å².